The second-order valence-electron chi connectivity index (χ2n) is 7.57. The monoisotopic (exact) mass is 364 g/mol. The Morgan fingerprint density at radius 1 is 1.26 bits per heavy atom. The Labute approximate surface area is 159 Å². The summed E-state index contributed by atoms with van der Waals surface area (Å²) in [6, 6.07) is 10.2. The summed E-state index contributed by atoms with van der Waals surface area (Å²) in [4.78, 5) is 22.1. The Hall–Kier alpha value is -2.69. The third-order valence-electron chi connectivity index (χ3n) is 6.28. The molecule has 0 bridgehead atoms. The molecule has 2 aromatic rings. The van der Waals surface area contributed by atoms with Gasteiger partial charge in [0.05, 0.1) is 19.1 Å². The Kier molecular flexibility index (Phi) is 4.25. The molecule has 0 radical (unpaired) electrons. The number of methoxy groups -OCH3 is 1. The van der Waals surface area contributed by atoms with Crippen LogP contribution in [-0.4, -0.2) is 28.0 Å². The first-order valence-electron chi connectivity index (χ1n) is 9.38. The van der Waals surface area contributed by atoms with Crippen molar-refractivity contribution in [2.24, 2.45) is 11.8 Å². The quantitative estimate of drug-likeness (QED) is 0.650. The van der Waals surface area contributed by atoms with Gasteiger partial charge in [0.1, 0.15) is 5.82 Å². The van der Waals surface area contributed by atoms with Crippen LogP contribution in [0.2, 0.25) is 0 Å². The molecule has 5 nitrogen and oxygen atoms in total. The lowest BCUT2D eigenvalue weighted by Gasteiger charge is -2.50. The highest BCUT2D eigenvalue weighted by molar-refractivity contribution is 5.98. The van der Waals surface area contributed by atoms with E-state index in [1.54, 1.807) is 7.11 Å². The molecule has 4 rings (SSSR count). The average molecular weight is 364 g/mol. The van der Waals surface area contributed by atoms with Gasteiger partial charge < -0.3 is 9.84 Å². The van der Waals surface area contributed by atoms with Crippen LogP contribution in [0.25, 0.3) is 0 Å². The first-order valence-corrected chi connectivity index (χ1v) is 9.38. The minimum Gasteiger partial charge on any atom is -0.515 e. The molecule has 1 fully saturated rings. The molecule has 27 heavy (non-hydrogen) atoms. The molecule has 5 heteroatoms. The number of hydrogen-bond acceptors (Lipinski definition) is 5. The Balaban J connectivity index is 2.06. The molecule has 140 valence electrons. The standard InChI is InChI=1S/C22H24N2O3/c1-13-18-10-9-17-20(23-14(2)24-21(17)27-3)22(18,11-15(12-25)19(13)26)16-7-5-4-6-8-16/h4-8,12-13,18,25H,9-11H2,1-3H3/b15-12-/t13-,18-,22+/m0/s1. The molecule has 1 saturated carbocycles. The van der Waals surface area contributed by atoms with Gasteiger partial charge in [-0.15, -0.1) is 0 Å². The van der Waals surface area contributed by atoms with Gasteiger partial charge in [-0.25, -0.2) is 4.98 Å². The summed E-state index contributed by atoms with van der Waals surface area (Å²) in [5, 5.41) is 9.79. The van der Waals surface area contributed by atoms with E-state index in [0.717, 1.165) is 35.9 Å². The van der Waals surface area contributed by atoms with Crippen LogP contribution in [-0.2, 0) is 16.6 Å². The summed E-state index contributed by atoms with van der Waals surface area (Å²) in [5.74, 6) is 1.23. The van der Waals surface area contributed by atoms with Crippen molar-refractivity contribution in [3.63, 3.8) is 0 Å². The zero-order valence-corrected chi connectivity index (χ0v) is 15.9. The zero-order valence-electron chi connectivity index (χ0n) is 15.9. The molecule has 0 aliphatic heterocycles. The second-order valence-corrected chi connectivity index (χ2v) is 7.57. The van der Waals surface area contributed by atoms with E-state index in [2.05, 4.69) is 17.1 Å². The van der Waals surface area contributed by atoms with E-state index in [-0.39, 0.29) is 17.6 Å². The summed E-state index contributed by atoms with van der Waals surface area (Å²) < 4.78 is 5.57. The van der Waals surface area contributed by atoms with E-state index >= 15 is 0 Å². The van der Waals surface area contributed by atoms with Crippen molar-refractivity contribution in [1.82, 2.24) is 9.97 Å². The smallest absolute Gasteiger partial charge is 0.219 e. The van der Waals surface area contributed by atoms with Gasteiger partial charge in [0.2, 0.25) is 5.88 Å². The number of aromatic nitrogens is 2. The van der Waals surface area contributed by atoms with Crippen molar-refractivity contribution in [3.05, 3.63) is 64.8 Å². The predicted octanol–water partition coefficient (Wildman–Crippen LogP) is 3.69. The van der Waals surface area contributed by atoms with Crippen molar-refractivity contribution in [2.45, 2.75) is 38.5 Å². The number of fused-ring (bicyclic) bond motifs is 3. The molecule has 2 aliphatic carbocycles. The number of ketones is 1. The van der Waals surface area contributed by atoms with Crippen molar-refractivity contribution >= 4 is 5.78 Å². The van der Waals surface area contributed by atoms with Crippen LogP contribution in [0.5, 0.6) is 5.88 Å². The third-order valence-corrected chi connectivity index (χ3v) is 6.28. The van der Waals surface area contributed by atoms with Crippen LogP contribution >= 0.6 is 0 Å². The molecule has 0 spiro atoms. The van der Waals surface area contributed by atoms with E-state index in [0.29, 0.717) is 23.7 Å². The van der Waals surface area contributed by atoms with Crippen LogP contribution in [0, 0.1) is 18.8 Å². The molecule has 0 unspecified atom stereocenters. The Morgan fingerprint density at radius 3 is 2.67 bits per heavy atom. The number of allylic oxidation sites excluding steroid dienone is 1. The SMILES string of the molecule is COc1nc(C)nc2c1CC[C@H]1[C@H](C)C(=O)/C(=C\O)C[C@]21c1ccccc1. The number of carbonyl (C=O) groups excluding carboxylic acids is 1. The molecule has 0 amide bonds. The number of carbonyl (C=O) groups is 1. The van der Waals surface area contributed by atoms with Crippen LogP contribution < -0.4 is 4.74 Å². The number of ether oxygens (including phenoxy) is 1. The lowest BCUT2D eigenvalue weighted by molar-refractivity contribution is -0.123. The molecule has 3 atom stereocenters. The van der Waals surface area contributed by atoms with Crippen molar-refractivity contribution in [2.75, 3.05) is 7.11 Å². The number of aliphatic hydroxyl groups excluding tert-OH is 1. The highest BCUT2D eigenvalue weighted by Crippen LogP contribution is 2.56. The molecule has 1 N–H and O–H groups in total. The molecular weight excluding hydrogens is 340 g/mol. The number of aryl methyl sites for hydroxylation is 1. The molecule has 0 saturated heterocycles. The number of Topliss-reactive ketones (excluding diaryl/α,β-unsaturated/α-hetero) is 1. The average Bonchev–Trinajstić information content (AvgIpc) is 2.70. The highest BCUT2D eigenvalue weighted by atomic mass is 16.5. The van der Waals surface area contributed by atoms with Gasteiger partial charge in [0.15, 0.2) is 5.78 Å². The third kappa shape index (κ3) is 2.48. The summed E-state index contributed by atoms with van der Waals surface area (Å²) in [6.45, 7) is 3.84. The van der Waals surface area contributed by atoms with Gasteiger partial charge in [-0.1, -0.05) is 37.3 Å². The van der Waals surface area contributed by atoms with Gasteiger partial charge in [0.25, 0.3) is 0 Å². The number of rotatable bonds is 2. The Morgan fingerprint density at radius 2 is 2.00 bits per heavy atom. The summed E-state index contributed by atoms with van der Waals surface area (Å²) in [7, 11) is 1.63. The molecule has 2 aliphatic rings. The van der Waals surface area contributed by atoms with Crippen LogP contribution in [0.4, 0.5) is 0 Å². The Bertz CT molecular complexity index is 923. The van der Waals surface area contributed by atoms with Gasteiger partial charge in [0, 0.05) is 22.5 Å². The lowest BCUT2D eigenvalue weighted by atomic mass is 9.52. The zero-order chi connectivity index (χ0) is 19.2. The van der Waals surface area contributed by atoms with Crippen LogP contribution in [0.3, 0.4) is 0 Å². The van der Waals surface area contributed by atoms with Crippen molar-refractivity contribution in [1.29, 1.82) is 0 Å². The fourth-order valence-corrected chi connectivity index (χ4v) is 5.11. The highest BCUT2D eigenvalue weighted by Gasteiger charge is 2.55. The minimum atomic E-state index is -0.474. The largest absolute Gasteiger partial charge is 0.515 e. The van der Waals surface area contributed by atoms with Gasteiger partial charge >= 0.3 is 0 Å². The second kappa shape index (κ2) is 6.48. The van der Waals surface area contributed by atoms with E-state index < -0.39 is 5.41 Å². The van der Waals surface area contributed by atoms with E-state index in [9.17, 15) is 9.90 Å². The molecular formula is C22H24N2O3. The van der Waals surface area contributed by atoms with Gasteiger partial charge in [-0.2, -0.15) is 4.98 Å². The van der Waals surface area contributed by atoms with E-state index in [4.69, 9.17) is 9.72 Å². The maximum atomic E-state index is 12.8. The molecule has 1 aromatic heterocycles. The minimum absolute atomic E-state index is 0.0373. The number of benzene rings is 1. The maximum Gasteiger partial charge on any atom is 0.219 e. The maximum absolute atomic E-state index is 12.8. The first kappa shape index (κ1) is 17.7. The topological polar surface area (TPSA) is 72.3 Å². The normalized spacial score (nSPS) is 28.6. The molecule has 1 heterocycles. The fourth-order valence-electron chi connectivity index (χ4n) is 5.11. The summed E-state index contributed by atoms with van der Waals surface area (Å²) >= 11 is 0. The van der Waals surface area contributed by atoms with Crippen LogP contribution in [0.15, 0.2) is 42.2 Å². The van der Waals surface area contributed by atoms with Crippen molar-refractivity contribution in [3.8, 4) is 5.88 Å². The number of nitrogens with zero attached hydrogens (tertiary/aromatic N) is 2. The lowest BCUT2D eigenvalue weighted by Crippen LogP contribution is -2.51. The number of hydrogen-bond donors (Lipinski definition) is 1. The first-order chi connectivity index (χ1) is 13.0. The predicted molar refractivity (Wildman–Crippen MR) is 102 cm³/mol. The van der Waals surface area contributed by atoms with Gasteiger partial charge in [-0.05, 0) is 37.7 Å². The summed E-state index contributed by atoms with van der Waals surface area (Å²) in [5.41, 5.74) is 3.06. The summed E-state index contributed by atoms with van der Waals surface area (Å²) in [6.07, 6.45) is 3.07. The fraction of sp³-hybridized carbons (Fsp3) is 0.409. The van der Waals surface area contributed by atoms with Crippen molar-refractivity contribution < 1.29 is 14.6 Å². The van der Waals surface area contributed by atoms with Crippen LogP contribution in [0.1, 0.15) is 42.4 Å². The number of aliphatic hydroxyl groups is 1. The van der Waals surface area contributed by atoms with Gasteiger partial charge in [-0.3, -0.25) is 4.79 Å². The van der Waals surface area contributed by atoms with E-state index in [1.807, 2.05) is 32.0 Å². The van der Waals surface area contributed by atoms with E-state index in [1.165, 1.54) is 0 Å². The molecule has 1 aromatic carbocycles.